The van der Waals surface area contributed by atoms with E-state index >= 15 is 0 Å². The second-order valence-electron chi connectivity index (χ2n) is 6.18. The van der Waals surface area contributed by atoms with Gasteiger partial charge in [0.25, 0.3) is 0 Å². The third kappa shape index (κ3) is 5.74. The number of rotatable bonds is 8. The molecule has 130 valence electrons. The van der Waals surface area contributed by atoms with Crippen LogP contribution < -0.4 is 0 Å². The maximum atomic E-state index is 10.2. The summed E-state index contributed by atoms with van der Waals surface area (Å²) in [5, 5.41) is 30.4. The molecule has 2 aromatic carbocycles. The lowest BCUT2D eigenvalue weighted by Crippen LogP contribution is -2.13. The molecule has 0 saturated heterocycles. The van der Waals surface area contributed by atoms with Crippen molar-refractivity contribution in [2.75, 3.05) is 0 Å². The first kappa shape index (κ1) is 17.7. The minimum atomic E-state index is -0.475. The summed E-state index contributed by atoms with van der Waals surface area (Å²) in [6, 6.07) is 19.9. The first-order chi connectivity index (χ1) is 12.2. The maximum absolute atomic E-state index is 10.2. The topological polar surface area (TPSA) is 66.2 Å². The van der Waals surface area contributed by atoms with Gasteiger partial charge in [-0.1, -0.05) is 60.7 Å². The monoisotopic (exact) mass is 354 g/mol. The van der Waals surface area contributed by atoms with Crippen LogP contribution in [0.1, 0.15) is 21.1 Å². The predicted molar refractivity (Wildman–Crippen MR) is 99.6 cm³/mol. The van der Waals surface area contributed by atoms with E-state index in [-0.39, 0.29) is 0 Å². The Morgan fingerprint density at radius 3 is 1.44 bits per heavy atom. The minimum Gasteiger partial charge on any atom is -0.392 e. The standard InChI is InChI=1S/C20H22N2O2S/c23-17(11-15-7-3-1-4-8-15)13-19-21-22-20(25-19)14-18(24)12-16-9-5-2-6-10-16/h1-10,17-18,23-24H,11-14H2. The van der Waals surface area contributed by atoms with Gasteiger partial charge in [-0.05, 0) is 24.0 Å². The smallest absolute Gasteiger partial charge is 0.120 e. The van der Waals surface area contributed by atoms with Crippen molar-refractivity contribution >= 4 is 11.3 Å². The molecule has 2 atom stereocenters. The highest BCUT2D eigenvalue weighted by Gasteiger charge is 2.14. The number of hydrogen-bond donors (Lipinski definition) is 2. The van der Waals surface area contributed by atoms with Crippen molar-refractivity contribution in [1.82, 2.24) is 10.2 Å². The van der Waals surface area contributed by atoms with Gasteiger partial charge in [-0.15, -0.1) is 21.5 Å². The molecule has 3 rings (SSSR count). The normalized spacial score (nSPS) is 13.5. The zero-order chi connectivity index (χ0) is 17.5. The zero-order valence-corrected chi connectivity index (χ0v) is 14.8. The molecule has 5 heteroatoms. The average Bonchev–Trinajstić information content (AvgIpc) is 3.03. The van der Waals surface area contributed by atoms with E-state index in [2.05, 4.69) is 10.2 Å². The molecule has 0 aliphatic heterocycles. The molecule has 2 unspecified atom stereocenters. The Bertz CT molecular complexity index is 698. The third-order valence-corrected chi connectivity index (χ3v) is 4.93. The van der Waals surface area contributed by atoms with Gasteiger partial charge in [0.15, 0.2) is 0 Å². The number of benzene rings is 2. The van der Waals surface area contributed by atoms with Crippen molar-refractivity contribution in [1.29, 1.82) is 0 Å². The molecule has 1 aromatic heterocycles. The fourth-order valence-electron chi connectivity index (χ4n) is 2.77. The summed E-state index contributed by atoms with van der Waals surface area (Å²) in [6.45, 7) is 0. The van der Waals surface area contributed by atoms with Crippen LogP contribution in [0, 0.1) is 0 Å². The molecule has 0 radical (unpaired) electrons. The minimum absolute atomic E-state index is 0.475. The molecule has 1 heterocycles. The van der Waals surface area contributed by atoms with Crippen LogP contribution >= 0.6 is 11.3 Å². The van der Waals surface area contributed by atoms with E-state index in [4.69, 9.17) is 0 Å². The van der Waals surface area contributed by atoms with Gasteiger partial charge < -0.3 is 10.2 Å². The lowest BCUT2D eigenvalue weighted by molar-refractivity contribution is 0.174. The molecule has 2 N–H and O–H groups in total. The summed E-state index contributed by atoms with van der Waals surface area (Å²) >= 11 is 1.47. The quantitative estimate of drug-likeness (QED) is 0.653. The summed E-state index contributed by atoms with van der Waals surface area (Å²) in [6.07, 6.45) is 1.23. The molecular weight excluding hydrogens is 332 g/mol. The van der Waals surface area contributed by atoms with Crippen LogP contribution in [0.25, 0.3) is 0 Å². The van der Waals surface area contributed by atoms with Crippen molar-refractivity contribution in [3.63, 3.8) is 0 Å². The van der Waals surface area contributed by atoms with Crippen LogP contribution in [0.2, 0.25) is 0 Å². The second kappa shape index (κ2) is 8.85. The van der Waals surface area contributed by atoms with E-state index in [1.807, 2.05) is 60.7 Å². The first-order valence-corrected chi connectivity index (χ1v) is 9.26. The van der Waals surface area contributed by atoms with E-state index in [1.165, 1.54) is 11.3 Å². The lowest BCUT2D eigenvalue weighted by atomic mass is 10.1. The Morgan fingerprint density at radius 1 is 0.640 bits per heavy atom. The highest BCUT2D eigenvalue weighted by molar-refractivity contribution is 7.11. The Morgan fingerprint density at radius 2 is 1.04 bits per heavy atom. The summed E-state index contributed by atoms with van der Waals surface area (Å²) in [5.41, 5.74) is 2.22. The summed E-state index contributed by atoms with van der Waals surface area (Å²) in [7, 11) is 0. The molecule has 0 bridgehead atoms. The maximum Gasteiger partial charge on any atom is 0.120 e. The SMILES string of the molecule is OC(Cc1ccccc1)Cc1nnc(CC(O)Cc2ccccc2)s1. The van der Waals surface area contributed by atoms with E-state index < -0.39 is 12.2 Å². The average molecular weight is 354 g/mol. The largest absolute Gasteiger partial charge is 0.392 e. The molecule has 0 aliphatic rings. The first-order valence-electron chi connectivity index (χ1n) is 8.44. The molecule has 4 nitrogen and oxygen atoms in total. The Hall–Kier alpha value is -2.08. The third-order valence-electron chi connectivity index (χ3n) is 3.96. The second-order valence-corrected chi connectivity index (χ2v) is 7.33. The van der Waals surface area contributed by atoms with E-state index in [0.717, 1.165) is 21.1 Å². The van der Waals surface area contributed by atoms with Gasteiger partial charge in [0.05, 0.1) is 12.2 Å². The molecule has 0 aliphatic carbocycles. The van der Waals surface area contributed by atoms with Gasteiger partial charge in [-0.25, -0.2) is 0 Å². The molecule has 0 spiro atoms. The molecule has 3 aromatic rings. The van der Waals surface area contributed by atoms with Crippen molar-refractivity contribution in [3.05, 3.63) is 81.8 Å². The van der Waals surface area contributed by atoms with Gasteiger partial charge in [-0.3, -0.25) is 0 Å². The van der Waals surface area contributed by atoms with Crippen molar-refractivity contribution in [2.24, 2.45) is 0 Å². The van der Waals surface area contributed by atoms with Crippen LogP contribution in [0.3, 0.4) is 0 Å². The van der Waals surface area contributed by atoms with Crippen LogP contribution in [-0.2, 0) is 25.7 Å². The Labute approximate surface area is 151 Å². The molecule has 25 heavy (non-hydrogen) atoms. The highest BCUT2D eigenvalue weighted by atomic mass is 32.1. The Kier molecular flexibility index (Phi) is 6.28. The summed E-state index contributed by atoms with van der Waals surface area (Å²) in [5.74, 6) is 0. The van der Waals surface area contributed by atoms with E-state index in [1.54, 1.807) is 0 Å². The molecular formula is C20H22N2O2S. The number of aromatic nitrogens is 2. The van der Waals surface area contributed by atoms with Crippen LogP contribution in [0.4, 0.5) is 0 Å². The van der Waals surface area contributed by atoms with E-state index in [0.29, 0.717) is 25.7 Å². The summed E-state index contributed by atoms with van der Waals surface area (Å²) < 4.78 is 0. The lowest BCUT2D eigenvalue weighted by Gasteiger charge is -2.08. The van der Waals surface area contributed by atoms with Crippen LogP contribution in [-0.4, -0.2) is 32.6 Å². The van der Waals surface area contributed by atoms with Crippen molar-refractivity contribution in [3.8, 4) is 0 Å². The fraction of sp³-hybridized carbons (Fsp3) is 0.300. The molecule has 0 fully saturated rings. The van der Waals surface area contributed by atoms with Gasteiger partial charge in [-0.2, -0.15) is 0 Å². The number of aliphatic hydroxyl groups excluding tert-OH is 2. The molecule has 0 saturated carbocycles. The number of aliphatic hydroxyl groups is 2. The van der Waals surface area contributed by atoms with Gasteiger partial charge in [0.1, 0.15) is 10.0 Å². The highest BCUT2D eigenvalue weighted by Crippen LogP contribution is 2.16. The number of nitrogens with zero attached hydrogens (tertiary/aromatic N) is 2. The summed E-state index contributed by atoms with van der Waals surface area (Å²) in [4.78, 5) is 0. The van der Waals surface area contributed by atoms with Gasteiger partial charge in [0, 0.05) is 12.8 Å². The van der Waals surface area contributed by atoms with Crippen molar-refractivity contribution < 1.29 is 10.2 Å². The van der Waals surface area contributed by atoms with Gasteiger partial charge in [0.2, 0.25) is 0 Å². The van der Waals surface area contributed by atoms with Crippen LogP contribution in [0.15, 0.2) is 60.7 Å². The fourth-order valence-corrected chi connectivity index (χ4v) is 3.76. The Balaban J connectivity index is 1.50. The molecule has 0 amide bonds. The zero-order valence-electron chi connectivity index (χ0n) is 14.0. The van der Waals surface area contributed by atoms with Crippen LogP contribution in [0.5, 0.6) is 0 Å². The predicted octanol–water partition coefficient (Wildman–Crippen LogP) is 2.83. The number of hydrogen-bond acceptors (Lipinski definition) is 5. The van der Waals surface area contributed by atoms with E-state index in [9.17, 15) is 10.2 Å². The van der Waals surface area contributed by atoms with Crippen molar-refractivity contribution in [2.45, 2.75) is 37.9 Å². The van der Waals surface area contributed by atoms with Gasteiger partial charge >= 0.3 is 0 Å².